The van der Waals surface area contributed by atoms with Crippen LogP contribution in [-0.4, -0.2) is 38.8 Å². The van der Waals surface area contributed by atoms with Crippen LogP contribution in [0.25, 0.3) is 21.9 Å². The smallest absolute Gasteiger partial charge is 0.305 e. The SMILES string of the molecule is COP(=O)(C#Cc1c(C)cc2ccccc2c1-c1ccc(F)cc1)C[C@H](CC(=O)O)O[Si](c1ccccc1)(c1ccccc1)C(C)(C)C. The highest BCUT2D eigenvalue weighted by Gasteiger charge is 2.52. The molecular formula is C40H40FO5PSi. The number of aryl methyl sites for hydroxylation is 1. The average Bonchev–Trinajstić information content (AvgIpc) is 3.06. The summed E-state index contributed by atoms with van der Waals surface area (Å²) in [4.78, 5) is 12.3. The van der Waals surface area contributed by atoms with Crippen LogP contribution in [0.5, 0.6) is 0 Å². The maximum atomic E-state index is 14.5. The number of halogens is 1. The predicted molar refractivity (Wildman–Crippen MR) is 195 cm³/mol. The summed E-state index contributed by atoms with van der Waals surface area (Å²) in [6, 6.07) is 35.9. The van der Waals surface area contributed by atoms with Gasteiger partial charge in [0.2, 0.25) is 0 Å². The molecule has 0 aliphatic heterocycles. The minimum atomic E-state index is -3.79. The Morgan fingerprint density at radius 2 is 1.46 bits per heavy atom. The van der Waals surface area contributed by atoms with E-state index in [1.54, 1.807) is 12.1 Å². The summed E-state index contributed by atoms with van der Waals surface area (Å²) < 4.78 is 41.2. The van der Waals surface area contributed by atoms with E-state index in [4.69, 9.17) is 8.95 Å². The van der Waals surface area contributed by atoms with Gasteiger partial charge < -0.3 is 14.1 Å². The lowest BCUT2D eigenvalue weighted by molar-refractivity contribution is -0.138. The van der Waals surface area contributed by atoms with Crippen molar-refractivity contribution in [3.63, 3.8) is 0 Å². The van der Waals surface area contributed by atoms with Crippen molar-refractivity contribution in [2.24, 2.45) is 0 Å². The molecule has 0 spiro atoms. The van der Waals surface area contributed by atoms with Gasteiger partial charge in [0.05, 0.1) is 18.7 Å². The van der Waals surface area contributed by atoms with Crippen LogP contribution in [0.3, 0.4) is 0 Å². The van der Waals surface area contributed by atoms with Gasteiger partial charge in [-0.25, -0.2) is 4.39 Å². The molecule has 2 atom stereocenters. The molecule has 0 fully saturated rings. The van der Waals surface area contributed by atoms with E-state index in [0.717, 1.165) is 37.8 Å². The van der Waals surface area contributed by atoms with Gasteiger partial charge in [0.15, 0.2) is 0 Å². The molecule has 0 saturated heterocycles. The van der Waals surface area contributed by atoms with Gasteiger partial charge in [-0.2, -0.15) is 0 Å². The number of benzene rings is 5. The van der Waals surface area contributed by atoms with E-state index >= 15 is 0 Å². The summed E-state index contributed by atoms with van der Waals surface area (Å²) in [5.74, 6) is 1.75. The van der Waals surface area contributed by atoms with Gasteiger partial charge in [-0.05, 0) is 62.0 Å². The van der Waals surface area contributed by atoms with Crippen molar-refractivity contribution < 1.29 is 27.8 Å². The van der Waals surface area contributed by atoms with Gasteiger partial charge in [-0.15, -0.1) is 0 Å². The number of carboxylic acid groups (broad SMARTS) is 1. The van der Waals surface area contributed by atoms with Crippen molar-refractivity contribution in [3.8, 4) is 22.7 Å². The van der Waals surface area contributed by atoms with Crippen LogP contribution in [-0.2, 0) is 18.3 Å². The second-order valence-corrected chi connectivity index (χ2v) is 19.5. The van der Waals surface area contributed by atoms with Crippen molar-refractivity contribution in [2.75, 3.05) is 13.3 Å². The number of hydrogen-bond donors (Lipinski definition) is 1. The number of aliphatic carboxylic acids is 1. The molecule has 1 N–H and O–H groups in total. The average molecular weight is 679 g/mol. The first kappa shape index (κ1) is 35.0. The molecule has 5 rings (SSSR count). The van der Waals surface area contributed by atoms with Gasteiger partial charge >= 0.3 is 5.97 Å². The molecule has 5 aromatic rings. The fourth-order valence-corrected chi connectivity index (χ4v) is 12.6. The van der Waals surface area contributed by atoms with Crippen molar-refractivity contribution in [1.29, 1.82) is 0 Å². The predicted octanol–water partition coefficient (Wildman–Crippen LogP) is 8.61. The molecule has 0 amide bonds. The highest BCUT2D eigenvalue weighted by molar-refractivity contribution is 7.64. The van der Waals surface area contributed by atoms with Crippen LogP contribution in [0.15, 0.2) is 115 Å². The first-order valence-electron chi connectivity index (χ1n) is 15.8. The Labute approximate surface area is 283 Å². The number of rotatable bonds is 10. The third-order valence-electron chi connectivity index (χ3n) is 8.63. The molecule has 246 valence electrons. The fourth-order valence-electron chi connectivity index (χ4n) is 6.42. The molecule has 0 bridgehead atoms. The summed E-state index contributed by atoms with van der Waals surface area (Å²) in [5, 5.41) is 13.5. The first-order valence-corrected chi connectivity index (χ1v) is 19.6. The Morgan fingerprint density at radius 3 is 2.00 bits per heavy atom. The molecule has 0 aliphatic carbocycles. The van der Waals surface area contributed by atoms with Gasteiger partial charge in [-0.1, -0.05) is 130 Å². The van der Waals surface area contributed by atoms with Crippen molar-refractivity contribution in [1.82, 2.24) is 0 Å². The third kappa shape index (κ3) is 7.38. The Balaban J connectivity index is 1.63. The molecule has 0 aliphatic rings. The first-order chi connectivity index (χ1) is 22.9. The Kier molecular flexibility index (Phi) is 10.5. The van der Waals surface area contributed by atoms with E-state index in [1.807, 2.05) is 97.9 Å². The summed E-state index contributed by atoms with van der Waals surface area (Å²) >= 11 is 0. The summed E-state index contributed by atoms with van der Waals surface area (Å²) in [6.07, 6.45) is -1.57. The monoisotopic (exact) mass is 678 g/mol. The Morgan fingerprint density at radius 1 is 0.896 bits per heavy atom. The standard InChI is InChI=1S/C40H40FO5PSi/c1-29-26-31-14-12-13-19-37(31)39(30-20-22-32(41)23-21-30)36(29)24-25-47(44,45-5)28-33(27-38(42)43)46-48(40(2,3)4,34-15-8-6-9-16-34)35-17-10-7-11-18-35/h6-23,26,33H,27-28H2,1-5H3,(H,42,43)/t33-,47?/m0/s1. The lowest BCUT2D eigenvalue weighted by atomic mass is 9.90. The molecule has 0 saturated carbocycles. The zero-order valence-electron chi connectivity index (χ0n) is 27.9. The number of hydrogen-bond acceptors (Lipinski definition) is 4. The van der Waals surface area contributed by atoms with Crippen molar-refractivity contribution >= 4 is 42.8 Å². The molecule has 0 aromatic heterocycles. The highest BCUT2D eigenvalue weighted by atomic mass is 31.2. The maximum absolute atomic E-state index is 14.5. The van der Waals surface area contributed by atoms with Crippen molar-refractivity contribution in [3.05, 3.63) is 132 Å². The molecule has 1 unspecified atom stereocenters. The molecular weight excluding hydrogens is 638 g/mol. The van der Waals surface area contributed by atoms with Crippen molar-refractivity contribution in [2.45, 2.75) is 45.3 Å². The quantitative estimate of drug-likeness (QED) is 0.0910. The maximum Gasteiger partial charge on any atom is 0.305 e. The number of carboxylic acids is 1. The van der Waals surface area contributed by atoms with Gasteiger partial charge in [0.1, 0.15) is 5.82 Å². The van der Waals surface area contributed by atoms with Gasteiger partial charge in [-0.3, -0.25) is 9.36 Å². The molecule has 0 radical (unpaired) electrons. The molecule has 5 aromatic carbocycles. The van der Waals surface area contributed by atoms with Crippen LogP contribution < -0.4 is 10.4 Å². The highest BCUT2D eigenvalue weighted by Crippen LogP contribution is 2.48. The van der Waals surface area contributed by atoms with Crippen LogP contribution in [0, 0.1) is 24.3 Å². The van der Waals surface area contributed by atoms with Crippen LogP contribution in [0.4, 0.5) is 4.39 Å². The molecule has 8 heteroatoms. The van der Waals surface area contributed by atoms with Crippen LogP contribution in [0.1, 0.15) is 38.3 Å². The van der Waals surface area contributed by atoms with Gasteiger partial charge in [0, 0.05) is 18.2 Å². The Bertz CT molecular complexity index is 1970. The summed E-state index contributed by atoms with van der Waals surface area (Å²) in [6.45, 7) is 8.24. The second-order valence-electron chi connectivity index (χ2n) is 12.9. The minimum Gasteiger partial charge on any atom is -0.481 e. The minimum absolute atomic E-state index is 0.216. The second kappa shape index (κ2) is 14.4. The topological polar surface area (TPSA) is 72.8 Å². The molecule has 0 heterocycles. The van der Waals surface area contributed by atoms with E-state index in [0.29, 0.717) is 5.56 Å². The van der Waals surface area contributed by atoms with E-state index in [9.17, 15) is 18.9 Å². The molecule has 5 nitrogen and oxygen atoms in total. The molecule has 48 heavy (non-hydrogen) atoms. The lowest BCUT2D eigenvalue weighted by Crippen LogP contribution is -2.68. The summed E-state index contributed by atoms with van der Waals surface area (Å²) in [7, 11) is -5.64. The third-order valence-corrected chi connectivity index (χ3v) is 15.7. The zero-order valence-corrected chi connectivity index (χ0v) is 29.8. The van der Waals surface area contributed by atoms with Gasteiger partial charge in [0.25, 0.3) is 15.7 Å². The van der Waals surface area contributed by atoms with Crippen LogP contribution >= 0.6 is 7.37 Å². The zero-order chi connectivity index (χ0) is 34.5. The fraction of sp³-hybridized carbons (Fsp3) is 0.225. The lowest BCUT2D eigenvalue weighted by Gasteiger charge is -2.45. The van der Waals surface area contributed by atoms with E-state index in [2.05, 4.69) is 32.4 Å². The van der Waals surface area contributed by atoms with E-state index in [1.165, 1.54) is 19.2 Å². The normalized spacial score (nSPS) is 13.7. The van der Waals surface area contributed by atoms with E-state index in [-0.39, 0.29) is 18.4 Å². The largest absolute Gasteiger partial charge is 0.481 e. The van der Waals surface area contributed by atoms with Crippen LogP contribution in [0.2, 0.25) is 5.04 Å². The summed E-state index contributed by atoms with van der Waals surface area (Å²) in [5.41, 5.74) is 6.01. The number of carbonyl (C=O) groups is 1. The Hall–Kier alpha value is -4.31. The van der Waals surface area contributed by atoms with E-state index < -0.39 is 32.8 Å². The number of fused-ring (bicyclic) bond motifs is 1.